The van der Waals surface area contributed by atoms with Crippen molar-refractivity contribution in [2.24, 2.45) is 23.7 Å². The van der Waals surface area contributed by atoms with Crippen molar-refractivity contribution in [3.63, 3.8) is 0 Å². The Morgan fingerprint density at radius 2 is 1.69 bits per heavy atom. The van der Waals surface area contributed by atoms with Crippen LogP contribution in [0.5, 0.6) is 11.5 Å². The van der Waals surface area contributed by atoms with E-state index < -0.39 is 58.6 Å². The molecule has 3 N–H and O–H groups in total. The van der Waals surface area contributed by atoms with Gasteiger partial charge in [-0.05, 0) is 91.3 Å². The van der Waals surface area contributed by atoms with Crippen LogP contribution in [0.15, 0.2) is 78.4 Å². The Morgan fingerprint density at radius 3 is 2.37 bits per heavy atom. The number of carboxylic acid groups (broad SMARTS) is 1. The summed E-state index contributed by atoms with van der Waals surface area (Å²) in [5, 5.41) is 21.4. The minimum atomic E-state index is -1.58. The van der Waals surface area contributed by atoms with Crippen molar-refractivity contribution in [3.8, 4) is 11.5 Å². The smallest absolute Gasteiger partial charge is 0.303 e. The van der Waals surface area contributed by atoms with E-state index in [-0.39, 0.29) is 49.1 Å². The summed E-state index contributed by atoms with van der Waals surface area (Å²) in [7, 11) is 1.42. The summed E-state index contributed by atoms with van der Waals surface area (Å²) in [4.78, 5) is 70.1. The number of unbranched alkanes of at least 4 members (excludes halogenated alkanes) is 2. The molecule has 2 aliphatic carbocycles. The number of nitrogens with zero attached hydrogens (tertiary/aromatic N) is 2. The zero-order chi connectivity index (χ0) is 36.9. The Bertz CT molecular complexity index is 1990. The number of hydrogen-bond donors (Lipinski definition) is 3. The Hall–Kier alpha value is -5.23. The first-order valence-electron chi connectivity index (χ1n) is 17.3. The van der Waals surface area contributed by atoms with Gasteiger partial charge in [-0.15, -0.1) is 0 Å². The fourth-order valence-electron chi connectivity index (χ4n) is 8.93. The summed E-state index contributed by atoms with van der Waals surface area (Å²) in [5.74, 6) is -7.11. The fraction of sp³-hybridized carbons (Fsp3) is 0.359. The van der Waals surface area contributed by atoms with Gasteiger partial charge < -0.3 is 14.9 Å². The number of rotatable bonds is 11. The van der Waals surface area contributed by atoms with E-state index in [2.05, 4.69) is 5.43 Å². The molecule has 2 aliphatic heterocycles. The Balaban J connectivity index is 1.35. The lowest BCUT2D eigenvalue weighted by atomic mass is 9.49. The molecule has 52 heavy (non-hydrogen) atoms. The molecule has 2 saturated heterocycles. The van der Waals surface area contributed by atoms with Gasteiger partial charge in [0.25, 0.3) is 11.8 Å². The Morgan fingerprint density at radius 1 is 0.962 bits per heavy atom. The lowest BCUT2D eigenvalue weighted by molar-refractivity contribution is -0.141. The molecule has 7 rings (SSSR count). The molecule has 13 heteroatoms. The van der Waals surface area contributed by atoms with Crippen LogP contribution in [0.3, 0.4) is 0 Å². The number of carbonyl (C=O) groups excluding carboxylic acids is 4. The van der Waals surface area contributed by atoms with Gasteiger partial charge in [-0.2, -0.15) is 5.01 Å². The number of carboxylic acids is 1. The number of halogens is 2. The molecule has 4 aliphatic rings. The summed E-state index contributed by atoms with van der Waals surface area (Å²) < 4.78 is 19.2. The van der Waals surface area contributed by atoms with E-state index in [1.807, 2.05) is 6.08 Å². The van der Waals surface area contributed by atoms with Crippen molar-refractivity contribution in [1.82, 2.24) is 9.91 Å². The molecule has 11 nitrogen and oxygen atoms in total. The third kappa shape index (κ3) is 5.69. The molecule has 0 aromatic heterocycles. The maximum absolute atomic E-state index is 15.2. The number of ether oxygens (including phenoxy) is 1. The van der Waals surface area contributed by atoms with Gasteiger partial charge in [0.05, 0.1) is 36.0 Å². The molecule has 0 spiro atoms. The maximum Gasteiger partial charge on any atom is 0.303 e. The fourth-order valence-corrected chi connectivity index (χ4v) is 9.05. The molecular formula is C39H37ClFN3O8. The van der Waals surface area contributed by atoms with Gasteiger partial charge in [-0.3, -0.25) is 34.3 Å². The van der Waals surface area contributed by atoms with E-state index in [1.54, 1.807) is 36.4 Å². The predicted molar refractivity (Wildman–Crippen MR) is 187 cm³/mol. The number of allylic oxidation sites excluding steroid dienone is 2. The van der Waals surface area contributed by atoms with Gasteiger partial charge in [0, 0.05) is 23.9 Å². The van der Waals surface area contributed by atoms with Crippen LogP contribution in [0.25, 0.3) is 0 Å². The number of carbonyl (C=O) groups is 5. The second kappa shape index (κ2) is 13.7. The number of methoxy groups -OCH3 is 1. The monoisotopic (exact) mass is 729 g/mol. The van der Waals surface area contributed by atoms with E-state index in [4.69, 9.17) is 21.4 Å². The number of nitrogens with one attached hydrogen (secondary N) is 1. The summed E-state index contributed by atoms with van der Waals surface area (Å²) in [5.41, 5.74) is 3.35. The number of fused-ring (bicyclic) bond motifs is 4. The molecule has 1 saturated carbocycles. The molecule has 270 valence electrons. The van der Waals surface area contributed by atoms with Crippen LogP contribution in [0.1, 0.15) is 55.6 Å². The first kappa shape index (κ1) is 35.2. The predicted octanol–water partition coefficient (Wildman–Crippen LogP) is 5.82. The minimum Gasteiger partial charge on any atom is -0.504 e. The van der Waals surface area contributed by atoms with E-state index in [0.29, 0.717) is 46.7 Å². The molecule has 6 atom stereocenters. The molecule has 3 aromatic carbocycles. The average molecular weight is 730 g/mol. The molecular weight excluding hydrogens is 693 g/mol. The number of hydrazine groups is 1. The summed E-state index contributed by atoms with van der Waals surface area (Å²) >= 11 is 6.33. The molecule has 4 amide bonds. The zero-order valence-electron chi connectivity index (χ0n) is 28.3. The van der Waals surface area contributed by atoms with Crippen LogP contribution < -0.4 is 10.2 Å². The van der Waals surface area contributed by atoms with Gasteiger partial charge in [0.2, 0.25) is 11.8 Å². The normalized spacial score (nSPS) is 26.5. The first-order valence-corrected chi connectivity index (χ1v) is 17.7. The van der Waals surface area contributed by atoms with E-state index in [1.165, 1.54) is 42.3 Å². The molecule has 0 radical (unpaired) electrons. The largest absolute Gasteiger partial charge is 0.504 e. The minimum absolute atomic E-state index is 0.00133. The third-order valence-corrected chi connectivity index (χ3v) is 11.4. The average Bonchev–Trinajstić information content (AvgIpc) is 3.49. The number of likely N-dealkylation sites (tertiary alicyclic amines) is 1. The van der Waals surface area contributed by atoms with Gasteiger partial charge in [-0.1, -0.05) is 47.9 Å². The highest BCUT2D eigenvalue weighted by atomic mass is 35.5. The van der Waals surface area contributed by atoms with E-state index in [9.17, 15) is 28.7 Å². The topological polar surface area (TPSA) is 154 Å². The van der Waals surface area contributed by atoms with Gasteiger partial charge >= 0.3 is 5.97 Å². The van der Waals surface area contributed by atoms with Crippen molar-refractivity contribution >= 4 is 46.9 Å². The molecule has 3 fully saturated rings. The number of aliphatic carboxylic acids is 1. The number of phenolic OH excluding ortho intramolecular Hbond substituents is 1. The van der Waals surface area contributed by atoms with Crippen LogP contribution in [-0.4, -0.2) is 63.4 Å². The number of aromatic hydroxyl groups is 1. The molecule has 3 aromatic rings. The number of imide groups is 2. The Labute approximate surface area is 304 Å². The molecule has 0 bridgehead atoms. The lowest BCUT2D eigenvalue weighted by Gasteiger charge is -2.50. The van der Waals surface area contributed by atoms with Gasteiger partial charge in [0.15, 0.2) is 11.5 Å². The second-order valence-electron chi connectivity index (χ2n) is 13.8. The quantitative estimate of drug-likeness (QED) is 0.126. The molecule has 0 unspecified atom stereocenters. The van der Waals surface area contributed by atoms with Crippen LogP contribution in [0, 0.1) is 29.5 Å². The number of hydrogen-bond acceptors (Lipinski definition) is 8. The van der Waals surface area contributed by atoms with Crippen molar-refractivity contribution in [2.45, 2.75) is 49.9 Å². The summed E-state index contributed by atoms with van der Waals surface area (Å²) in [6.07, 6.45) is 3.65. The van der Waals surface area contributed by atoms with Crippen molar-refractivity contribution < 1.29 is 43.3 Å². The highest BCUT2D eigenvalue weighted by Gasteiger charge is 2.70. The van der Waals surface area contributed by atoms with Crippen molar-refractivity contribution in [3.05, 3.63) is 100 Å². The zero-order valence-corrected chi connectivity index (χ0v) is 29.0. The first-order chi connectivity index (χ1) is 25.0. The van der Waals surface area contributed by atoms with Crippen LogP contribution in [0.2, 0.25) is 5.02 Å². The highest BCUT2D eigenvalue weighted by Crippen LogP contribution is 2.64. The van der Waals surface area contributed by atoms with Crippen molar-refractivity contribution in [1.29, 1.82) is 0 Å². The maximum atomic E-state index is 15.2. The van der Waals surface area contributed by atoms with Gasteiger partial charge in [-0.25, -0.2) is 4.39 Å². The van der Waals surface area contributed by atoms with E-state index in [0.717, 1.165) is 5.01 Å². The molecule has 2 heterocycles. The van der Waals surface area contributed by atoms with Gasteiger partial charge in [0.1, 0.15) is 5.82 Å². The third-order valence-electron chi connectivity index (χ3n) is 11.2. The van der Waals surface area contributed by atoms with Crippen molar-refractivity contribution in [2.75, 3.05) is 19.1 Å². The van der Waals surface area contributed by atoms with E-state index >= 15 is 4.79 Å². The van der Waals surface area contributed by atoms with Crippen LogP contribution in [-0.2, 0) is 29.4 Å². The lowest BCUT2D eigenvalue weighted by Crippen LogP contribution is -2.53. The number of amides is 4. The SMILES string of the molecule is COc1ccc([C@H]2C3=CC[C@@H]4C(=O)N(CCCCCC(=O)O)C(=O)[C@@H]4[C@@H]3C[C@H]3C(=O)N(Nc4ccc(F)cc4)C(=O)[C@@]23c2ccc(Cl)cc2)cc1O. The second-order valence-corrected chi connectivity index (χ2v) is 14.3. The number of phenols is 1. The Kier molecular flexibility index (Phi) is 9.28. The summed E-state index contributed by atoms with van der Waals surface area (Å²) in [6.45, 7) is 0.160. The van der Waals surface area contributed by atoms with Crippen LogP contribution >= 0.6 is 11.6 Å². The number of anilines is 1. The number of benzene rings is 3. The highest BCUT2D eigenvalue weighted by molar-refractivity contribution is 6.30. The standard InChI is InChI=1S/C39H37ClFN3O8/c1-52-31-17-6-21(19-30(31)45)34-26-15-16-27-33(37(50)43(35(27)48)18-4-2-3-5-32(46)47)28(26)20-29-36(49)44(42-25-13-11-24(41)12-14-25)38(51)39(29,34)22-7-9-23(40)10-8-22/h6-15,17,19,27-29,33-34,42,45H,2-5,16,18,20H2,1H3,(H,46,47)/t27-,28+,29-,33-,34-,39+/m0/s1. The van der Waals surface area contributed by atoms with Crippen LogP contribution in [0.4, 0.5) is 10.1 Å². The summed E-state index contributed by atoms with van der Waals surface area (Å²) in [6, 6.07) is 16.8.